The van der Waals surface area contributed by atoms with Gasteiger partial charge in [-0.1, -0.05) is 6.92 Å². The molecule has 0 saturated carbocycles. The maximum absolute atomic E-state index is 11.6. The van der Waals surface area contributed by atoms with Gasteiger partial charge in [0.2, 0.25) is 5.91 Å². The molecule has 2 unspecified atom stereocenters. The molecule has 1 aromatic heterocycles. The van der Waals surface area contributed by atoms with Crippen LogP contribution in [-0.2, 0) is 4.79 Å². The summed E-state index contributed by atoms with van der Waals surface area (Å²) in [5.41, 5.74) is 5.69. The molecule has 84 valence electrons. The second-order valence-corrected chi connectivity index (χ2v) is 3.46. The monoisotopic (exact) mass is 211 g/mol. The number of nitrogens with one attached hydrogen (secondary N) is 1. The van der Waals surface area contributed by atoms with E-state index in [1.807, 2.05) is 6.92 Å². The van der Waals surface area contributed by atoms with E-state index >= 15 is 0 Å². The molecule has 0 aliphatic rings. The minimum atomic E-state index is -0.350. The molecule has 0 aromatic carbocycles. The zero-order valence-corrected chi connectivity index (χ0v) is 9.05. The van der Waals surface area contributed by atoms with Crippen LogP contribution in [0.25, 0.3) is 0 Å². The summed E-state index contributed by atoms with van der Waals surface area (Å²) < 4.78 is 1.51. The Hall–Kier alpha value is -1.43. The van der Waals surface area contributed by atoms with Crippen molar-refractivity contribution in [3.05, 3.63) is 12.7 Å². The normalized spacial score (nSPS) is 14.6. The van der Waals surface area contributed by atoms with Gasteiger partial charge in [0, 0.05) is 12.6 Å². The van der Waals surface area contributed by atoms with Gasteiger partial charge in [0.15, 0.2) is 0 Å². The Labute approximate surface area is 88.9 Å². The highest BCUT2D eigenvalue weighted by molar-refractivity contribution is 5.79. The average molecular weight is 211 g/mol. The molecule has 1 amide bonds. The summed E-state index contributed by atoms with van der Waals surface area (Å²) in [6.07, 6.45) is 3.77. The smallest absolute Gasteiger partial charge is 0.244 e. The van der Waals surface area contributed by atoms with Crippen molar-refractivity contribution >= 4 is 5.91 Å². The van der Waals surface area contributed by atoms with Crippen LogP contribution in [0.2, 0.25) is 0 Å². The van der Waals surface area contributed by atoms with Crippen LogP contribution in [0.1, 0.15) is 26.3 Å². The summed E-state index contributed by atoms with van der Waals surface area (Å²) in [4.78, 5) is 15.4. The van der Waals surface area contributed by atoms with Crippen molar-refractivity contribution in [1.29, 1.82) is 0 Å². The SMILES string of the molecule is CCC(N)CNC(=O)C(C)n1cncn1. The number of nitrogens with two attached hydrogens (primary N) is 1. The van der Waals surface area contributed by atoms with Crippen LogP contribution in [0, 0.1) is 0 Å². The van der Waals surface area contributed by atoms with Crippen LogP contribution < -0.4 is 11.1 Å². The van der Waals surface area contributed by atoms with Crippen LogP contribution in [-0.4, -0.2) is 33.3 Å². The average Bonchev–Trinajstić information content (AvgIpc) is 2.77. The standard InChI is InChI=1S/C9H17N5O/c1-3-8(10)4-12-9(15)7(2)14-6-11-5-13-14/h5-8H,3-4,10H2,1-2H3,(H,12,15). The molecule has 1 rings (SSSR count). The number of carbonyl (C=O) groups excluding carboxylic acids is 1. The highest BCUT2D eigenvalue weighted by atomic mass is 16.2. The molecule has 6 nitrogen and oxygen atoms in total. The van der Waals surface area contributed by atoms with Gasteiger partial charge in [-0.05, 0) is 13.3 Å². The van der Waals surface area contributed by atoms with Gasteiger partial charge in [0.05, 0.1) is 0 Å². The van der Waals surface area contributed by atoms with Crippen molar-refractivity contribution in [1.82, 2.24) is 20.1 Å². The molecule has 6 heteroatoms. The molecular formula is C9H17N5O. The van der Waals surface area contributed by atoms with Crippen LogP contribution in [0.5, 0.6) is 0 Å². The van der Waals surface area contributed by atoms with Gasteiger partial charge >= 0.3 is 0 Å². The zero-order valence-electron chi connectivity index (χ0n) is 9.05. The lowest BCUT2D eigenvalue weighted by atomic mass is 10.2. The van der Waals surface area contributed by atoms with Crippen LogP contribution in [0.4, 0.5) is 0 Å². The van der Waals surface area contributed by atoms with Crippen molar-refractivity contribution < 1.29 is 4.79 Å². The fraction of sp³-hybridized carbons (Fsp3) is 0.667. The van der Waals surface area contributed by atoms with Crippen molar-refractivity contribution in [3.63, 3.8) is 0 Å². The second-order valence-electron chi connectivity index (χ2n) is 3.46. The molecule has 2 atom stereocenters. The number of hydrogen-bond acceptors (Lipinski definition) is 4. The molecule has 0 aliphatic heterocycles. The van der Waals surface area contributed by atoms with E-state index in [4.69, 9.17) is 5.73 Å². The second kappa shape index (κ2) is 5.45. The Morgan fingerprint density at radius 1 is 1.67 bits per heavy atom. The van der Waals surface area contributed by atoms with Crippen molar-refractivity contribution in [3.8, 4) is 0 Å². The lowest BCUT2D eigenvalue weighted by Gasteiger charge is -2.14. The number of nitrogens with zero attached hydrogens (tertiary/aromatic N) is 3. The summed E-state index contributed by atoms with van der Waals surface area (Å²) >= 11 is 0. The fourth-order valence-corrected chi connectivity index (χ4v) is 1.06. The van der Waals surface area contributed by atoms with Gasteiger partial charge < -0.3 is 11.1 Å². The van der Waals surface area contributed by atoms with Gasteiger partial charge in [-0.2, -0.15) is 5.10 Å². The molecule has 0 fully saturated rings. The van der Waals surface area contributed by atoms with E-state index in [0.717, 1.165) is 6.42 Å². The highest BCUT2D eigenvalue weighted by Crippen LogP contribution is 2.01. The molecule has 0 bridgehead atoms. The molecule has 0 spiro atoms. The molecule has 1 heterocycles. The first-order valence-electron chi connectivity index (χ1n) is 5.02. The zero-order chi connectivity index (χ0) is 11.3. The van der Waals surface area contributed by atoms with E-state index in [1.165, 1.54) is 17.3 Å². The molecule has 3 N–H and O–H groups in total. The lowest BCUT2D eigenvalue weighted by molar-refractivity contribution is -0.124. The lowest BCUT2D eigenvalue weighted by Crippen LogP contribution is -2.39. The van der Waals surface area contributed by atoms with Gasteiger partial charge in [-0.25, -0.2) is 9.67 Å². The van der Waals surface area contributed by atoms with Gasteiger partial charge in [-0.15, -0.1) is 0 Å². The number of carbonyl (C=O) groups is 1. The predicted octanol–water partition coefficient (Wildman–Crippen LogP) is -0.307. The largest absolute Gasteiger partial charge is 0.353 e. The minimum Gasteiger partial charge on any atom is -0.353 e. The Morgan fingerprint density at radius 3 is 2.93 bits per heavy atom. The van der Waals surface area contributed by atoms with Crippen LogP contribution in [0.3, 0.4) is 0 Å². The van der Waals surface area contributed by atoms with Gasteiger partial charge in [-0.3, -0.25) is 4.79 Å². The van der Waals surface area contributed by atoms with Crippen molar-refractivity contribution in [2.24, 2.45) is 5.73 Å². The van der Waals surface area contributed by atoms with Crippen LogP contribution >= 0.6 is 0 Å². The first kappa shape index (κ1) is 11.6. The Bertz CT molecular complexity index is 297. The third kappa shape index (κ3) is 3.32. The van der Waals surface area contributed by atoms with Gasteiger partial charge in [0.1, 0.15) is 18.7 Å². The van der Waals surface area contributed by atoms with E-state index in [2.05, 4.69) is 15.4 Å². The number of aromatic nitrogens is 3. The molecular weight excluding hydrogens is 194 g/mol. The van der Waals surface area contributed by atoms with E-state index in [0.29, 0.717) is 6.54 Å². The summed E-state index contributed by atoms with van der Waals surface area (Å²) in [6.45, 7) is 4.24. The van der Waals surface area contributed by atoms with E-state index in [9.17, 15) is 4.79 Å². The van der Waals surface area contributed by atoms with Crippen molar-refractivity contribution in [2.75, 3.05) is 6.54 Å². The molecule has 0 aliphatic carbocycles. The van der Waals surface area contributed by atoms with Crippen LogP contribution in [0.15, 0.2) is 12.7 Å². The van der Waals surface area contributed by atoms with E-state index in [-0.39, 0.29) is 18.0 Å². The fourth-order valence-electron chi connectivity index (χ4n) is 1.06. The maximum atomic E-state index is 11.6. The summed E-state index contributed by atoms with van der Waals surface area (Å²) in [6, 6.07) is -0.339. The summed E-state index contributed by atoms with van der Waals surface area (Å²) in [5, 5.41) is 6.67. The summed E-state index contributed by atoms with van der Waals surface area (Å²) in [7, 11) is 0. The van der Waals surface area contributed by atoms with Gasteiger partial charge in [0.25, 0.3) is 0 Å². The number of hydrogen-bond donors (Lipinski definition) is 2. The highest BCUT2D eigenvalue weighted by Gasteiger charge is 2.15. The molecule has 0 radical (unpaired) electrons. The third-order valence-electron chi connectivity index (χ3n) is 2.28. The first-order valence-corrected chi connectivity index (χ1v) is 5.02. The predicted molar refractivity (Wildman–Crippen MR) is 56.0 cm³/mol. The first-order chi connectivity index (χ1) is 7.15. The number of amides is 1. The van der Waals surface area contributed by atoms with E-state index < -0.39 is 0 Å². The van der Waals surface area contributed by atoms with Crippen molar-refractivity contribution in [2.45, 2.75) is 32.4 Å². The third-order valence-corrected chi connectivity index (χ3v) is 2.28. The Morgan fingerprint density at radius 2 is 2.40 bits per heavy atom. The quantitative estimate of drug-likeness (QED) is 0.699. The summed E-state index contributed by atoms with van der Waals surface area (Å²) in [5.74, 6) is -0.0931. The molecule has 0 saturated heterocycles. The molecule has 15 heavy (non-hydrogen) atoms. The maximum Gasteiger partial charge on any atom is 0.244 e. The minimum absolute atomic E-state index is 0.0110. The Balaban J connectivity index is 2.41. The topological polar surface area (TPSA) is 85.8 Å². The number of rotatable bonds is 5. The molecule has 1 aromatic rings. The van der Waals surface area contributed by atoms with E-state index in [1.54, 1.807) is 6.92 Å². The Kier molecular flexibility index (Phi) is 4.23.